The smallest absolute Gasteiger partial charge is 0.253 e. The number of sulfonamides is 1. The first-order valence-electron chi connectivity index (χ1n) is 12.1. The lowest BCUT2D eigenvalue weighted by Crippen LogP contribution is -2.48. The van der Waals surface area contributed by atoms with Gasteiger partial charge in [0, 0.05) is 44.8 Å². The number of piperazine rings is 1. The van der Waals surface area contributed by atoms with Crippen LogP contribution in [-0.4, -0.2) is 72.7 Å². The average molecular weight is 499 g/mol. The Morgan fingerprint density at radius 2 is 1.63 bits per heavy atom. The van der Waals surface area contributed by atoms with E-state index >= 15 is 0 Å². The summed E-state index contributed by atoms with van der Waals surface area (Å²) in [5.41, 5.74) is 4.74. The number of hydrogen-bond donors (Lipinski definition) is 0. The SMILES string of the molecule is CCN(CC)C(=O)c1ccc2oc(CN3CCN(S(=O)(=O)c4cc(C)c(C)cc4C)CC3)nc2c1. The van der Waals surface area contributed by atoms with Crippen LogP contribution >= 0.6 is 0 Å². The van der Waals surface area contributed by atoms with Gasteiger partial charge in [-0.15, -0.1) is 0 Å². The van der Waals surface area contributed by atoms with Crippen LogP contribution in [0.3, 0.4) is 0 Å². The first-order valence-corrected chi connectivity index (χ1v) is 13.6. The van der Waals surface area contributed by atoms with E-state index in [1.165, 1.54) is 0 Å². The number of fused-ring (bicyclic) bond motifs is 1. The van der Waals surface area contributed by atoms with E-state index in [4.69, 9.17) is 4.42 Å². The van der Waals surface area contributed by atoms with Crippen molar-refractivity contribution in [1.29, 1.82) is 0 Å². The van der Waals surface area contributed by atoms with E-state index in [1.54, 1.807) is 33.5 Å². The van der Waals surface area contributed by atoms with Gasteiger partial charge in [-0.3, -0.25) is 9.69 Å². The van der Waals surface area contributed by atoms with Gasteiger partial charge in [-0.25, -0.2) is 13.4 Å². The van der Waals surface area contributed by atoms with Crippen LogP contribution in [0.5, 0.6) is 0 Å². The zero-order chi connectivity index (χ0) is 25.3. The second-order valence-electron chi connectivity index (χ2n) is 9.15. The largest absolute Gasteiger partial charge is 0.439 e. The summed E-state index contributed by atoms with van der Waals surface area (Å²) in [7, 11) is -3.54. The molecular weight excluding hydrogens is 464 g/mol. The molecule has 8 nitrogen and oxygen atoms in total. The zero-order valence-corrected chi connectivity index (χ0v) is 22.0. The predicted octanol–water partition coefficient (Wildman–Crippen LogP) is 3.74. The average Bonchev–Trinajstić information content (AvgIpc) is 3.23. The van der Waals surface area contributed by atoms with Gasteiger partial charge in [0.1, 0.15) is 5.52 Å². The molecule has 9 heteroatoms. The molecule has 0 atom stereocenters. The van der Waals surface area contributed by atoms with Crippen LogP contribution in [0.4, 0.5) is 0 Å². The van der Waals surface area contributed by atoms with E-state index in [1.807, 2.05) is 40.7 Å². The number of carbonyl (C=O) groups is 1. The van der Waals surface area contributed by atoms with Crippen LogP contribution in [0.1, 0.15) is 46.8 Å². The molecule has 3 aromatic rings. The minimum atomic E-state index is -3.54. The summed E-state index contributed by atoms with van der Waals surface area (Å²) in [5.74, 6) is 0.548. The van der Waals surface area contributed by atoms with Crippen LogP contribution in [-0.2, 0) is 16.6 Å². The van der Waals surface area contributed by atoms with Crippen LogP contribution in [0.2, 0.25) is 0 Å². The summed E-state index contributed by atoms with van der Waals surface area (Å²) in [6.45, 7) is 13.5. The highest BCUT2D eigenvalue weighted by atomic mass is 32.2. The van der Waals surface area contributed by atoms with E-state index in [0.717, 1.165) is 16.7 Å². The van der Waals surface area contributed by atoms with Gasteiger partial charge in [-0.05, 0) is 75.6 Å². The minimum absolute atomic E-state index is 0.0159. The number of rotatable bonds is 7. The third kappa shape index (κ3) is 5.12. The van der Waals surface area contributed by atoms with Crippen LogP contribution in [0.25, 0.3) is 11.1 Å². The Balaban J connectivity index is 1.43. The normalized spacial score (nSPS) is 15.6. The quantitative estimate of drug-likeness (QED) is 0.493. The standard InChI is InChI=1S/C26H34N4O4S/c1-6-29(7-2)26(31)21-8-9-23-22(16-21)27-25(34-23)17-28-10-12-30(13-11-28)35(32,33)24-15-19(4)18(3)14-20(24)5/h8-9,14-16H,6-7,10-13,17H2,1-5H3. The van der Waals surface area contributed by atoms with Gasteiger partial charge in [0.25, 0.3) is 5.91 Å². The van der Waals surface area contributed by atoms with E-state index in [9.17, 15) is 13.2 Å². The topological polar surface area (TPSA) is 87.0 Å². The monoisotopic (exact) mass is 498 g/mol. The number of benzene rings is 2. The molecule has 0 unspecified atom stereocenters. The lowest BCUT2D eigenvalue weighted by Gasteiger charge is -2.33. The molecule has 0 N–H and O–H groups in total. The number of oxazole rings is 1. The van der Waals surface area contributed by atoms with Gasteiger partial charge in [-0.2, -0.15) is 4.31 Å². The Morgan fingerprint density at radius 1 is 0.971 bits per heavy atom. The summed E-state index contributed by atoms with van der Waals surface area (Å²) in [6, 6.07) is 9.06. The molecule has 0 bridgehead atoms. The summed E-state index contributed by atoms with van der Waals surface area (Å²) in [6.07, 6.45) is 0. The third-order valence-electron chi connectivity index (χ3n) is 6.83. The van der Waals surface area contributed by atoms with Crippen molar-refractivity contribution in [2.75, 3.05) is 39.3 Å². The van der Waals surface area contributed by atoms with Crippen molar-refractivity contribution < 1.29 is 17.6 Å². The maximum Gasteiger partial charge on any atom is 0.253 e. The van der Waals surface area contributed by atoms with Gasteiger partial charge < -0.3 is 9.32 Å². The second-order valence-corrected chi connectivity index (χ2v) is 11.1. The molecular formula is C26H34N4O4S. The van der Waals surface area contributed by atoms with Crippen molar-refractivity contribution in [3.63, 3.8) is 0 Å². The van der Waals surface area contributed by atoms with Crippen molar-refractivity contribution in [2.24, 2.45) is 0 Å². The Labute approximate surface area is 207 Å². The molecule has 0 spiro atoms. The first kappa shape index (κ1) is 25.3. The molecule has 188 valence electrons. The van der Waals surface area contributed by atoms with Crippen molar-refractivity contribution in [3.8, 4) is 0 Å². The Morgan fingerprint density at radius 3 is 2.29 bits per heavy atom. The Hall–Kier alpha value is -2.75. The summed E-state index contributed by atoms with van der Waals surface area (Å²) in [5, 5.41) is 0. The van der Waals surface area contributed by atoms with Crippen LogP contribution in [0, 0.1) is 20.8 Å². The van der Waals surface area contributed by atoms with Crippen molar-refractivity contribution in [3.05, 3.63) is 58.5 Å². The molecule has 1 amide bonds. The lowest BCUT2D eigenvalue weighted by molar-refractivity contribution is 0.0773. The maximum absolute atomic E-state index is 13.3. The number of aromatic nitrogens is 1. The predicted molar refractivity (Wildman–Crippen MR) is 136 cm³/mol. The fourth-order valence-corrected chi connectivity index (χ4v) is 6.25. The number of hydrogen-bond acceptors (Lipinski definition) is 6. The van der Waals surface area contributed by atoms with E-state index in [0.29, 0.717) is 73.3 Å². The second kappa shape index (κ2) is 10.1. The lowest BCUT2D eigenvalue weighted by atomic mass is 10.1. The number of amides is 1. The molecule has 1 aliphatic rings. The van der Waals surface area contributed by atoms with Gasteiger partial charge >= 0.3 is 0 Å². The first-order chi connectivity index (χ1) is 16.6. The molecule has 1 fully saturated rings. The third-order valence-corrected chi connectivity index (χ3v) is 8.87. The summed E-state index contributed by atoms with van der Waals surface area (Å²) >= 11 is 0. The fraction of sp³-hybridized carbons (Fsp3) is 0.462. The molecule has 1 aromatic heterocycles. The van der Waals surface area contributed by atoms with Gasteiger partial charge in [0.05, 0.1) is 11.4 Å². The molecule has 0 aliphatic carbocycles. The fourth-order valence-electron chi connectivity index (χ4n) is 4.54. The van der Waals surface area contributed by atoms with E-state index in [2.05, 4.69) is 9.88 Å². The molecule has 0 saturated carbocycles. The molecule has 0 radical (unpaired) electrons. The molecule has 1 aliphatic heterocycles. The summed E-state index contributed by atoms with van der Waals surface area (Å²) < 4.78 is 34.0. The van der Waals surface area contributed by atoms with Crippen molar-refractivity contribution in [1.82, 2.24) is 19.1 Å². The molecule has 2 aromatic carbocycles. The Bertz CT molecular complexity index is 1340. The van der Waals surface area contributed by atoms with Gasteiger partial charge in [0.15, 0.2) is 5.58 Å². The van der Waals surface area contributed by atoms with E-state index < -0.39 is 10.0 Å². The molecule has 4 rings (SSSR count). The highest BCUT2D eigenvalue weighted by molar-refractivity contribution is 7.89. The Kier molecular flexibility index (Phi) is 7.30. The molecule has 35 heavy (non-hydrogen) atoms. The van der Waals surface area contributed by atoms with Crippen molar-refractivity contribution >= 4 is 27.0 Å². The van der Waals surface area contributed by atoms with Crippen molar-refractivity contribution in [2.45, 2.75) is 46.1 Å². The molecule has 1 saturated heterocycles. The minimum Gasteiger partial charge on any atom is -0.439 e. The number of carbonyl (C=O) groups excluding carboxylic acids is 1. The molecule has 2 heterocycles. The van der Waals surface area contributed by atoms with Gasteiger partial charge in [-0.1, -0.05) is 6.07 Å². The van der Waals surface area contributed by atoms with Crippen LogP contribution in [0.15, 0.2) is 39.6 Å². The van der Waals surface area contributed by atoms with Gasteiger partial charge in [0.2, 0.25) is 15.9 Å². The summed E-state index contributed by atoms with van der Waals surface area (Å²) in [4.78, 5) is 21.6. The zero-order valence-electron chi connectivity index (χ0n) is 21.2. The maximum atomic E-state index is 13.3. The highest BCUT2D eigenvalue weighted by Crippen LogP contribution is 2.25. The van der Waals surface area contributed by atoms with E-state index in [-0.39, 0.29) is 5.91 Å². The number of aryl methyl sites for hydroxylation is 3. The highest BCUT2D eigenvalue weighted by Gasteiger charge is 2.30. The number of nitrogens with zero attached hydrogens (tertiary/aromatic N) is 4. The van der Waals surface area contributed by atoms with Crippen LogP contribution < -0.4 is 0 Å².